The van der Waals surface area contributed by atoms with Crippen molar-refractivity contribution < 1.29 is 4.79 Å². The normalized spacial score (nSPS) is 10.4. The van der Waals surface area contributed by atoms with Gasteiger partial charge in [-0.2, -0.15) is 5.10 Å². The van der Waals surface area contributed by atoms with Crippen LogP contribution < -0.4 is 5.43 Å². The third-order valence-electron chi connectivity index (χ3n) is 2.25. The number of carbonyl (C=O) groups is 1. The molecule has 0 fully saturated rings. The summed E-state index contributed by atoms with van der Waals surface area (Å²) in [6.07, 6.45) is 2.53. The first-order valence-electron chi connectivity index (χ1n) is 5.28. The summed E-state index contributed by atoms with van der Waals surface area (Å²) in [5.74, 6) is 0. The Morgan fingerprint density at radius 3 is 2.18 bits per heavy atom. The summed E-state index contributed by atoms with van der Waals surface area (Å²) < 4.78 is 0. The van der Waals surface area contributed by atoms with Gasteiger partial charge in [-0.15, -0.1) is 0 Å². The zero-order valence-corrected chi connectivity index (χ0v) is 9.21. The fourth-order valence-electron chi connectivity index (χ4n) is 1.35. The largest absolute Gasteiger partial charge is 0.298 e. The van der Waals surface area contributed by atoms with Crippen molar-refractivity contribution in [1.29, 1.82) is 0 Å². The summed E-state index contributed by atoms with van der Waals surface area (Å²) in [6.45, 7) is 0. The molecule has 0 spiro atoms. The Balaban J connectivity index is 1.98. The fourth-order valence-corrected chi connectivity index (χ4v) is 1.35. The van der Waals surface area contributed by atoms with Crippen molar-refractivity contribution in [2.45, 2.75) is 0 Å². The van der Waals surface area contributed by atoms with Gasteiger partial charge in [0.25, 0.3) is 0 Å². The molecule has 0 atom stereocenters. The number of hydrogen-bond acceptors (Lipinski definition) is 3. The molecule has 2 aromatic rings. The maximum Gasteiger partial charge on any atom is 0.150 e. The van der Waals surface area contributed by atoms with Crippen LogP contribution in [0.5, 0.6) is 0 Å². The van der Waals surface area contributed by atoms with E-state index < -0.39 is 0 Å². The first-order valence-corrected chi connectivity index (χ1v) is 5.28. The van der Waals surface area contributed by atoms with E-state index in [0.717, 1.165) is 17.5 Å². The van der Waals surface area contributed by atoms with E-state index in [1.807, 2.05) is 42.5 Å². The molecule has 84 valence electrons. The van der Waals surface area contributed by atoms with Gasteiger partial charge in [0.15, 0.2) is 0 Å². The zero-order chi connectivity index (χ0) is 11.9. The Hall–Kier alpha value is -2.42. The molecule has 0 radical (unpaired) electrons. The number of benzene rings is 2. The minimum atomic E-state index is 0.665. The summed E-state index contributed by atoms with van der Waals surface area (Å²) in [5.41, 5.74) is 5.47. The highest BCUT2D eigenvalue weighted by molar-refractivity contribution is 5.82. The lowest BCUT2D eigenvalue weighted by Gasteiger charge is -1.98. The molecule has 3 heteroatoms. The van der Waals surface area contributed by atoms with Crippen molar-refractivity contribution in [3.05, 3.63) is 65.7 Å². The van der Waals surface area contributed by atoms with Gasteiger partial charge in [0.1, 0.15) is 6.29 Å². The highest BCUT2D eigenvalue weighted by atomic mass is 16.1. The second-order valence-electron chi connectivity index (χ2n) is 3.52. The van der Waals surface area contributed by atoms with Gasteiger partial charge in [0, 0.05) is 5.56 Å². The molecule has 0 aliphatic carbocycles. The van der Waals surface area contributed by atoms with Crippen LogP contribution in [-0.4, -0.2) is 12.5 Å². The van der Waals surface area contributed by atoms with Gasteiger partial charge in [-0.25, -0.2) is 0 Å². The Morgan fingerprint density at radius 1 is 0.882 bits per heavy atom. The third-order valence-corrected chi connectivity index (χ3v) is 2.25. The van der Waals surface area contributed by atoms with Crippen LogP contribution in [0.25, 0.3) is 0 Å². The van der Waals surface area contributed by atoms with Crippen LogP contribution >= 0.6 is 0 Å². The van der Waals surface area contributed by atoms with Crippen LogP contribution in [0.15, 0.2) is 59.7 Å². The number of para-hydroxylation sites is 1. The molecule has 0 unspecified atom stereocenters. The molecule has 3 nitrogen and oxygen atoms in total. The molecule has 0 aromatic heterocycles. The minimum Gasteiger partial charge on any atom is -0.298 e. The maximum atomic E-state index is 10.5. The van der Waals surface area contributed by atoms with E-state index in [0.29, 0.717) is 5.56 Å². The monoisotopic (exact) mass is 224 g/mol. The number of anilines is 1. The standard InChI is InChI=1S/C14H12N2O/c17-11-13-8-6-12(7-9-13)10-15-16-14-4-2-1-3-5-14/h1-11,16H/b15-10-. The number of aldehydes is 1. The van der Waals surface area contributed by atoms with E-state index in [-0.39, 0.29) is 0 Å². The van der Waals surface area contributed by atoms with Crippen LogP contribution in [-0.2, 0) is 0 Å². The molecular formula is C14H12N2O. The molecule has 0 aliphatic rings. The zero-order valence-electron chi connectivity index (χ0n) is 9.21. The number of hydrogen-bond donors (Lipinski definition) is 1. The van der Waals surface area contributed by atoms with Gasteiger partial charge in [-0.3, -0.25) is 10.2 Å². The van der Waals surface area contributed by atoms with Gasteiger partial charge in [-0.05, 0) is 17.7 Å². The summed E-state index contributed by atoms with van der Waals surface area (Å²) in [6, 6.07) is 16.9. The van der Waals surface area contributed by atoms with Gasteiger partial charge < -0.3 is 0 Å². The van der Waals surface area contributed by atoms with Crippen molar-refractivity contribution in [2.24, 2.45) is 5.10 Å². The van der Waals surface area contributed by atoms with E-state index in [9.17, 15) is 4.79 Å². The molecule has 0 amide bonds. The van der Waals surface area contributed by atoms with Crippen LogP contribution in [0.1, 0.15) is 15.9 Å². The molecule has 1 N–H and O–H groups in total. The topological polar surface area (TPSA) is 41.5 Å². The molecule has 0 saturated heterocycles. The summed E-state index contributed by atoms with van der Waals surface area (Å²) in [5, 5.41) is 4.10. The Morgan fingerprint density at radius 2 is 1.53 bits per heavy atom. The van der Waals surface area contributed by atoms with Gasteiger partial charge in [0.05, 0.1) is 11.9 Å². The highest BCUT2D eigenvalue weighted by Crippen LogP contribution is 2.05. The van der Waals surface area contributed by atoms with Crippen molar-refractivity contribution in [3.63, 3.8) is 0 Å². The summed E-state index contributed by atoms with van der Waals surface area (Å²) in [4.78, 5) is 10.5. The third kappa shape index (κ3) is 3.28. The Kier molecular flexibility index (Phi) is 3.65. The smallest absolute Gasteiger partial charge is 0.150 e. The quantitative estimate of drug-likeness (QED) is 0.493. The molecule has 2 aromatic carbocycles. The number of rotatable bonds is 4. The van der Waals surface area contributed by atoms with Crippen LogP contribution in [0, 0.1) is 0 Å². The average Bonchev–Trinajstić information content (AvgIpc) is 2.41. The first-order chi connectivity index (χ1) is 8.38. The maximum absolute atomic E-state index is 10.5. The average molecular weight is 224 g/mol. The second-order valence-corrected chi connectivity index (χ2v) is 3.52. The fraction of sp³-hybridized carbons (Fsp3) is 0. The van der Waals surface area contributed by atoms with Crippen LogP contribution in [0.2, 0.25) is 0 Å². The van der Waals surface area contributed by atoms with Gasteiger partial charge in [-0.1, -0.05) is 42.5 Å². The lowest BCUT2D eigenvalue weighted by molar-refractivity contribution is 0.112. The lowest BCUT2D eigenvalue weighted by atomic mass is 10.2. The lowest BCUT2D eigenvalue weighted by Crippen LogP contribution is -1.90. The van der Waals surface area contributed by atoms with Crippen molar-refractivity contribution in [2.75, 3.05) is 5.43 Å². The SMILES string of the molecule is O=Cc1ccc(/C=N\Nc2ccccc2)cc1. The van der Waals surface area contributed by atoms with Crippen molar-refractivity contribution in [1.82, 2.24) is 0 Å². The van der Waals surface area contributed by atoms with Crippen LogP contribution in [0.4, 0.5) is 5.69 Å². The molecule has 0 aliphatic heterocycles. The summed E-state index contributed by atoms with van der Waals surface area (Å²) >= 11 is 0. The molecule has 17 heavy (non-hydrogen) atoms. The predicted molar refractivity (Wildman–Crippen MR) is 69.5 cm³/mol. The number of hydrazone groups is 1. The number of carbonyl (C=O) groups excluding carboxylic acids is 1. The van der Waals surface area contributed by atoms with Crippen molar-refractivity contribution in [3.8, 4) is 0 Å². The number of nitrogens with zero attached hydrogens (tertiary/aromatic N) is 1. The van der Waals surface area contributed by atoms with E-state index >= 15 is 0 Å². The Labute approximate surface area is 99.8 Å². The first kappa shape index (κ1) is 11.1. The van der Waals surface area contributed by atoms with Crippen LogP contribution in [0.3, 0.4) is 0 Å². The van der Waals surface area contributed by atoms with E-state index in [4.69, 9.17) is 0 Å². The number of nitrogens with one attached hydrogen (secondary N) is 1. The summed E-state index contributed by atoms with van der Waals surface area (Å²) in [7, 11) is 0. The second kappa shape index (κ2) is 5.61. The molecule has 0 bridgehead atoms. The molecule has 0 saturated carbocycles. The van der Waals surface area contributed by atoms with E-state index in [2.05, 4.69) is 10.5 Å². The molecule has 2 rings (SSSR count). The highest BCUT2D eigenvalue weighted by Gasteiger charge is 1.90. The van der Waals surface area contributed by atoms with Gasteiger partial charge >= 0.3 is 0 Å². The Bertz CT molecular complexity index is 504. The van der Waals surface area contributed by atoms with E-state index in [1.165, 1.54) is 0 Å². The minimum absolute atomic E-state index is 0.665. The molecule has 0 heterocycles. The van der Waals surface area contributed by atoms with Gasteiger partial charge in [0.2, 0.25) is 0 Å². The predicted octanol–water partition coefficient (Wildman–Crippen LogP) is 2.95. The van der Waals surface area contributed by atoms with E-state index in [1.54, 1.807) is 18.3 Å². The molecular weight excluding hydrogens is 212 g/mol. The van der Waals surface area contributed by atoms with Crippen molar-refractivity contribution >= 4 is 18.2 Å².